The molecule has 142 valence electrons. The van der Waals surface area contributed by atoms with Gasteiger partial charge in [0, 0.05) is 32.1 Å². The smallest absolute Gasteiger partial charge is 0.419 e. The number of ether oxygens (including phenoxy) is 1. The minimum Gasteiger partial charge on any atom is -0.496 e. The fraction of sp³-hybridized carbons (Fsp3) is 0.333. The highest BCUT2D eigenvalue weighted by Gasteiger charge is 2.14. The lowest BCUT2D eigenvalue weighted by atomic mass is 10.1. The number of hydrogen-bond acceptors (Lipinski definition) is 4. The maximum Gasteiger partial charge on any atom is 0.419 e. The summed E-state index contributed by atoms with van der Waals surface area (Å²) in [5.74, 6) is 0.414. The molecule has 6 nitrogen and oxygen atoms in total. The predicted molar refractivity (Wildman–Crippen MR) is 104 cm³/mol. The number of aromatic nitrogens is 1. The molecule has 1 amide bonds. The lowest BCUT2D eigenvalue weighted by Crippen LogP contribution is -2.26. The van der Waals surface area contributed by atoms with E-state index in [1.807, 2.05) is 43.3 Å². The van der Waals surface area contributed by atoms with Gasteiger partial charge in [-0.05, 0) is 31.5 Å². The molecule has 1 aromatic heterocycles. The van der Waals surface area contributed by atoms with Crippen molar-refractivity contribution in [3.05, 3.63) is 64.1 Å². The van der Waals surface area contributed by atoms with Crippen molar-refractivity contribution in [2.75, 3.05) is 14.2 Å². The van der Waals surface area contributed by atoms with E-state index >= 15 is 0 Å². The van der Waals surface area contributed by atoms with Gasteiger partial charge in [0.15, 0.2) is 5.58 Å². The number of methoxy groups -OCH3 is 1. The highest BCUT2D eigenvalue weighted by molar-refractivity contribution is 5.76. The Morgan fingerprint density at radius 1 is 1.22 bits per heavy atom. The second-order valence-electron chi connectivity index (χ2n) is 6.66. The summed E-state index contributed by atoms with van der Waals surface area (Å²) in [6, 6.07) is 13.2. The van der Waals surface area contributed by atoms with Crippen LogP contribution in [0, 0.1) is 6.92 Å². The summed E-state index contributed by atoms with van der Waals surface area (Å²) in [6.07, 6.45) is 0.925. The van der Waals surface area contributed by atoms with Crippen LogP contribution in [0.5, 0.6) is 5.75 Å². The first-order valence-corrected chi connectivity index (χ1v) is 8.95. The third-order valence-corrected chi connectivity index (χ3v) is 4.62. The van der Waals surface area contributed by atoms with E-state index in [9.17, 15) is 9.59 Å². The molecule has 6 heteroatoms. The second-order valence-corrected chi connectivity index (χ2v) is 6.66. The first kappa shape index (κ1) is 18.8. The molecule has 1 heterocycles. The van der Waals surface area contributed by atoms with E-state index in [-0.39, 0.29) is 11.7 Å². The van der Waals surface area contributed by atoms with E-state index in [0.29, 0.717) is 31.5 Å². The van der Waals surface area contributed by atoms with Gasteiger partial charge in [-0.15, -0.1) is 0 Å². The molecule has 0 spiro atoms. The number of nitrogens with zero attached hydrogens (tertiary/aromatic N) is 2. The van der Waals surface area contributed by atoms with Crippen LogP contribution in [0.1, 0.15) is 24.0 Å². The van der Waals surface area contributed by atoms with Crippen LogP contribution in [0.4, 0.5) is 0 Å². The Bertz CT molecular complexity index is 1000. The fourth-order valence-electron chi connectivity index (χ4n) is 3.18. The predicted octanol–water partition coefficient (Wildman–Crippen LogP) is 3.35. The highest BCUT2D eigenvalue weighted by Crippen LogP contribution is 2.21. The Kier molecular flexibility index (Phi) is 5.64. The second kappa shape index (κ2) is 8.12. The van der Waals surface area contributed by atoms with E-state index in [0.717, 1.165) is 22.4 Å². The summed E-state index contributed by atoms with van der Waals surface area (Å²) in [5.41, 5.74) is 3.42. The first-order valence-electron chi connectivity index (χ1n) is 8.95. The number of carbonyl (C=O) groups is 1. The number of carbonyl (C=O) groups excluding carboxylic acids is 1. The van der Waals surface area contributed by atoms with E-state index < -0.39 is 0 Å². The Balaban J connectivity index is 1.60. The standard InChI is InChI=1S/C21H24N2O4/c1-15-10-11-18(26-3)16(13-15)14-22(2)20(24)9-6-12-23-17-7-4-5-8-19(17)27-21(23)25/h4-5,7-8,10-11,13H,6,9,12,14H2,1-3H3. The zero-order valence-corrected chi connectivity index (χ0v) is 15.9. The zero-order valence-electron chi connectivity index (χ0n) is 15.9. The van der Waals surface area contributed by atoms with Crippen LogP contribution in [-0.4, -0.2) is 29.5 Å². The fourth-order valence-corrected chi connectivity index (χ4v) is 3.18. The number of rotatable bonds is 7. The topological polar surface area (TPSA) is 64.7 Å². The zero-order chi connectivity index (χ0) is 19.4. The van der Waals surface area contributed by atoms with E-state index in [1.54, 1.807) is 29.7 Å². The molecule has 0 aliphatic carbocycles. The van der Waals surface area contributed by atoms with Gasteiger partial charge in [-0.25, -0.2) is 4.79 Å². The summed E-state index contributed by atoms with van der Waals surface area (Å²) in [5, 5.41) is 0. The molecule has 0 unspecified atom stereocenters. The number of fused-ring (bicyclic) bond motifs is 1. The van der Waals surface area contributed by atoms with Crippen molar-refractivity contribution in [3.8, 4) is 5.75 Å². The molecule has 0 aliphatic rings. The summed E-state index contributed by atoms with van der Waals surface area (Å²) in [4.78, 5) is 26.2. The number of amides is 1. The maximum atomic E-state index is 12.5. The SMILES string of the molecule is COc1ccc(C)cc1CN(C)C(=O)CCCn1c(=O)oc2ccccc21. The van der Waals surface area contributed by atoms with Crippen molar-refractivity contribution in [2.45, 2.75) is 32.9 Å². The molecule has 2 aromatic carbocycles. The molecular formula is C21H24N2O4. The molecule has 0 bridgehead atoms. The minimum absolute atomic E-state index is 0.0272. The van der Waals surface area contributed by atoms with Crippen molar-refractivity contribution in [2.24, 2.45) is 0 Å². The van der Waals surface area contributed by atoms with E-state index in [4.69, 9.17) is 9.15 Å². The summed E-state index contributed by atoms with van der Waals surface area (Å²) < 4.78 is 12.2. The van der Waals surface area contributed by atoms with Crippen LogP contribution >= 0.6 is 0 Å². The monoisotopic (exact) mass is 368 g/mol. The molecule has 0 saturated heterocycles. The average Bonchev–Trinajstić information content (AvgIpc) is 2.97. The van der Waals surface area contributed by atoms with Gasteiger partial charge in [-0.3, -0.25) is 9.36 Å². The molecule has 0 atom stereocenters. The summed E-state index contributed by atoms with van der Waals surface area (Å²) in [7, 11) is 3.41. The van der Waals surface area contributed by atoms with Gasteiger partial charge in [0.25, 0.3) is 0 Å². The minimum atomic E-state index is -0.387. The Hall–Kier alpha value is -3.02. The molecule has 3 aromatic rings. The van der Waals surface area contributed by atoms with Crippen LogP contribution in [-0.2, 0) is 17.9 Å². The average molecular weight is 368 g/mol. The molecule has 0 aliphatic heterocycles. The van der Waals surface area contributed by atoms with E-state index in [2.05, 4.69) is 0 Å². The van der Waals surface area contributed by atoms with Gasteiger partial charge in [0.1, 0.15) is 5.75 Å². The van der Waals surface area contributed by atoms with Crippen molar-refractivity contribution >= 4 is 17.0 Å². The van der Waals surface area contributed by atoms with Gasteiger partial charge < -0.3 is 14.1 Å². The number of hydrogen-bond donors (Lipinski definition) is 0. The molecule has 3 rings (SSSR count). The van der Waals surface area contributed by atoms with Gasteiger partial charge in [0.05, 0.1) is 12.6 Å². The van der Waals surface area contributed by atoms with Gasteiger partial charge in [0.2, 0.25) is 5.91 Å². The van der Waals surface area contributed by atoms with Crippen molar-refractivity contribution in [1.29, 1.82) is 0 Å². The third-order valence-electron chi connectivity index (χ3n) is 4.62. The molecular weight excluding hydrogens is 344 g/mol. The summed E-state index contributed by atoms with van der Waals surface area (Å²) >= 11 is 0. The number of para-hydroxylation sites is 2. The number of aryl methyl sites for hydroxylation is 2. The molecule has 0 radical (unpaired) electrons. The largest absolute Gasteiger partial charge is 0.496 e. The number of benzene rings is 2. The van der Waals surface area contributed by atoms with Crippen LogP contribution in [0.2, 0.25) is 0 Å². The maximum absolute atomic E-state index is 12.5. The Morgan fingerprint density at radius 3 is 2.78 bits per heavy atom. The molecule has 0 fully saturated rings. The van der Waals surface area contributed by atoms with Gasteiger partial charge in [-0.2, -0.15) is 0 Å². The Morgan fingerprint density at radius 2 is 2.00 bits per heavy atom. The van der Waals surface area contributed by atoms with Gasteiger partial charge >= 0.3 is 5.76 Å². The normalized spacial score (nSPS) is 10.9. The quantitative estimate of drug-likeness (QED) is 0.641. The van der Waals surface area contributed by atoms with Crippen molar-refractivity contribution < 1.29 is 13.9 Å². The van der Waals surface area contributed by atoms with Crippen LogP contribution in [0.15, 0.2) is 51.7 Å². The third kappa shape index (κ3) is 4.22. The van der Waals surface area contributed by atoms with E-state index in [1.165, 1.54) is 0 Å². The van der Waals surface area contributed by atoms with Crippen LogP contribution in [0.25, 0.3) is 11.1 Å². The van der Waals surface area contributed by atoms with Crippen molar-refractivity contribution in [3.63, 3.8) is 0 Å². The Labute approximate surface area is 158 Å². The molecule has 0 saturated carbocycles. The highest BCUT2D eigenvalue weighted by atomic mass is 16.5. The first-order chi connectivity index (χ1) is 13.0. The van der Waals surface area contributed by atoms with Crippen LogP contribution < -0.4 is 10.5 Å². The van der Waals surface area contributed by atoms with Crippen LogP contribution in [0.3, 0.4) is 0 Å². The summed E-state index contributed by atoms with van der Waals surface area (Å²) in [6.45, 7) is 2.94. The lowest BCUT2D eigenvalue weighted by molar-refractivity contribution is -0.130. The number of oxazole rings is 1. The molecule has 0 N–H and O–H groups in total. The molecule has 27 heavy (non-hydrogen) atoms. The van der Waals surface area contributed by atoms with Crippen molar-refractivity contribution in [1.82, 2.24) is 9.47 Å². The van der Waals surface area contributed by atoms with Gasteiger partial charge in [-0.1, -0.05) is 29.8 Å². The lowest BCUT2D eigenvalue weighted by Gasteiger charge is -2.19.